The number of likely N-dealkylation sites (N-methyl/N-ethyl adjacent to an activating group) is 1. The fourth-order valence-electron chi connectivity index (χ4n) is 2.80. The van der Waals surface area contributed by atoms with Gasteiger partial charge in [-0.3, -0.25) is 31.2 Å². The molecule has 1 aliphatic heterocycles. The van der Waals surface area contributed by atoms with E-state index in [0.29, 0.717) is 18.7 Å². The van der Waals surface area contributed by atoms with Crippen molar-refractivity contribution in [2.45, 2.75) is 6.92 Å². The minimum atomic E-state index is -0.583. The number of anilines is 2. The Bertz CT molecular complexity index is 867. The quantitative estimate of drug-likeness (QED) is 0.492. The molecule has 28 heavy (non-hydrogen) atoms. The molecule has 1 saturated heterocycles. The second-order valence-corrected chi connectivity index (χ2v) is 6.47. The molecule has 1 aliphatic rings. The zero-order valence-corrected chi connectivity index (χ0v) is 15.7. The van der Waals surface area contributed by atoms with E-state index in [-0.39, 0.29) is 17.3 Å². The SMILES string of the molecule is Cc1ccccc1C(=O)NNc1ncnc(NN2CCN(C)CC2)c1[N+](=O)[O-]. The maximum absolute atomic E-state index is 12.3. The Kier molecular flexibility index (Phi) is 5.96. The van der Waals surface area contributed by atoms with Crippen molar-refractivity contribution in [1.29, 1.82) is 0 Å². The summed E-state index contributed by atoms with van der Waals surface area (Å²) in [6, 6.07) is 7.04. The van der Waals surface area contributed by atoms with Crippen LogP contribution in [0.15, 0.2) is 30.6 Å². The van der Waals surface area contributed by atoms with Gasteiger partial charge in [-0.15, -0.1) is 0 Å². The van der Waals surface area contributed by atoms with Crippen molar-refractivity contribution in [1.82, 2.24) is 25.3 Å². The van der Waals surface area contributed by atoms with E-state index in [2.05, 4.69) is 31.1 Å². The summed E-state index contributed by atoms with van der Waals surface area (Å²) in [6.45, 7) is 4.88. The third-order valence-electron chi connectivity index (χ3n) is 4.46. The molecule has 0 bridgehead atoms. The number of aryl methyl sites for hydroxylation is 1. The smallest absolute Gasteiger partial charge is 0.304 e. The lowest BCUT2D eigenvalue weighted by Crippen LogP contribution is -2.47. The monoisotopic (exact) mass is 386 g/mol. The van der Waals surface area contributed by atoms with Gasteiger partial charge < -0.3 is 4.90 Å². The molecule has 1 amide bonds. The molecule has 0 radical (unpaired) electrons. The van der Waals surface area contributed by atoms with Gasteiger partial charge in [0.25, 0.3) is 5.91 Å². The van der Waals surface area contributed by atoms with E-state index in [0.717, 1.165) is 18.7 Å². The second-order valence-electron chi connectivity index (χ2n) is 6.47. The summed E-state index contributed by atoms with van der Waals surface area (Å²) in [6.07, 6.45) is 1.20. The number of nitrogens with one attached hydrogen (secondary N) is 3. The molecule has 1 aromatic carbocycles. The Labute approximate surface area is 161 Å². The Morgan fingerprint density at radius 2 is 1.82 bits per heavy atom. The lowest BCUT2D eigenvalue weighted by Gasteiger charge is -2.32. The van der Waals surface area contributed by atoms with E-state index in [1.54, 1.807) is 25.1 Å². The first-order valence-corrected chi connectivity index (χ1v) is 8.77. The molecule has 1 fully saturated rings. The van der Waals surface area contributed by atoms with Crippen molar-refractivity contribution in [2.24, 2.45) is 0 Å². The highest BCUT2D eigenvalue weighted by Crippen LogP contribution is 2.28. The van der Waals surface area contributed by atoms with Crippen LogP contribution in [0.3, 0.4) is 0 Å². The van der Waals surface area contributed by atoms with Gasteiger partial charge in [0.05, 0.1) is 4.92 Å². The van der Waals surface area contributed by atoms with E-state index >= 15 is 0 Å². The molecule has 2 heterocycles. The molecule has 148 valence electrons. The average molecular weight is 386 g/mol. The van der Waals surface area contributed by atoms with Crippen LogP contribution in [-0.4, -0.2) is 63.9 Å². The Morgan fingerprint density at radius 3 is 2.50 bits per heavy atom. The molecule has 2 aromatic rings. The van der Waals surface area contributed by atoms with Crippen molar-refractivity contribution < 1.29 is 9.72 Å². The summed E-state index contributed by atoms with van der Waals surface area (Å²) in [5.74, 6) is -0.449. The van der Waals surface area contributed by atoms with Crippen LogP contribution in [0.1, 0.15) is 15.9 Å². The number of aromatic nitrogens is 2. The van der Waals surface area contributed by atoms with Crippen LogP contribution in [0.2, 0.25) is 0 Å². The Morgan fingerprint density at radius 1 is 1.14 bits per heavy atom. The molecule has 3 N–H and O–H groups in total. The van der Waals surface area contributed by atoms with Crippen molar-refractivity contribution in [3.63, 3.8) is 0 Å². The minimum Gasteiger partial charge on any atom is -0.304 e. The second kappa shape index (κ2) is 8.59. The molecule has 0 unspecified atom stereocenters. The van der Waals surface area contributed by atoms with Crippen LogP contribution in [0.4, 0.5) is 17.3 Å². The van der Waals surface area contributed by atoms with Crippen LogP contribution >= 0.6 is 0 Å². The molecule has 0 aliphatic carbocycles. The maximum atomic E-state index is 12.3. The number of amides is 1. The van der Waals surface area contributed by atoms with Gasteiger partial charge in [-0.2, -0.15) is 0 Å². The van der Waals surface area contributed by atoms with Crippen LogP contribution in [0.5, 0.6) is 0 Å². The van der Waals surface area contributed by atoms with Crippen molar-refractivity contribution in [2.75, 3.05) is 44.1 Å². The summed E-state index contributed by atoms with van der Waals surface area (Å²) >= 11 is 0. The topological polar surface area (TPSA) is 129 Å². The van der Waals surface area contributed by atoms with E-state index in [1.807, 2.05) is 18.1 Å². The molecule has 0 saturated carbocycles. The minimum absolute atomic E-state index is 0.0668. The average Bonchev–Trinajstić information content (AvgIpc) is 2.68. The highest BCUT2D eigenvalue weighted by molar-refractivity contribution is 5.96. The molecule has 3 rings (SSSR count). The summed E-state index contributed by atoms with van der Waals surface area (Å²) in [7, 11) is 2.02. The maximum Gasteiger partial charge on any atom is 0.356 e. The first-order valence-electron chi connectivity index (χ1n) is 8.77. The van der Waals surface area contributed by atoms with Gasteiger partial charge in [0.2, 0.25) is 11.6 Å². The van der Waals surface area contributed by atoms with Gasteiger partial charge >= 0.3 is 5.69 Å². The number of hydrogen-bond acceptors (Lipinski definition) is 9. The van der Waals surface area contributed by atoms with E-state index in [1.165, 1.54) is 6.33 Å². The lowest BCUT2D eigenvalue weighted by atomic mass is 10.1. The van der Waals surface area contributed by atoms with Crippen molar-refractivity contribution in [3.8, 4) is 0 Å². The van der Waals surface area contributed by atoms with Crippen LogP contribution in [0.25, 0.3) is 0 Å². The number of nitrogens with zero attached hydrogens (tertiary/aromatic N) is 5. The van der Waals surface area contributed by atoms with Gasteiger partial charge in [0.1, 0.15) is 6.33 Å². The number of hydrogen-bond donors (Lipinski definition) is 3. The first-order chi connectivity index (χ1) is 13.5. The normalized spacial score (nSPS) is 15.1. The summed E-state index contributed by atoms with van der Waals surface area (Å²) in [5, 5.41) is 13.5. The fraction of sp³-hybridized carbons (Fsp3) is 0.353. The largest absolute Gasteiger partial charge is 0.356 e. The number of carbonyl (C=O) groups excluding carboxylic acids is 1. The predicted molar refractivity (Wildman–Crippen MR) is 104 cm³/mol. The summed E-state index contributed by atoms with van der Waals surface area (Å²) in [4.78, 5) is 33.4. The lowest BCUT2D eigenvalue weighted by molar-refractivity contribution is -0.383. The van der Waals surface area contributed by atoms with Crippen molar-refractivity contribution >= 4 is 23.2 Å². The summed E-state index contributed by atoms with van der Waals surface area (Å²) in [5.41, 5.74) is 8.89. The number of rotatable bonds is 6. The zero-order chi connectivity index (χ0) is 20.1. The molecule has 11 nitrogen and oxygen atoms in total. The number of piperazine rings is 1. The van der Waals surface area contributed by atoms with Crippen molar-refractivity contribution in [3.05, 3.63) is 51.8 Å². The third-order valence-corrected chi connectivity index (χ3v) is 4.46. The predicted octanol–water partition coefficient (Wildman–Crippen LogP) is 1.02. The Balaban J connectivity index is 1.75. The molecule has 11 heteroatoms. The highest BCUT2D eigenvalue weighted by Gasteiger charge is 2.26. The van der Waals surface area contributed by atoms with Gasteiger partial charge in [0, 0.05) is 31.7 Å². The van der Waals surface area contributed by atoms with Gasteiger partial charge in [0.15, 0.2) is 0 Å². The van der Waals surface area contributed by atoms with E-state index in [4.69, 9.17) is 0 Å². The van der Waals surface area contributed by atoms with Crippen LogP contribution in [0, 0.1) is 17.0 Å². The number of nitro groups is 1. The fourth-order valence-corrected chi connectivity index (χ4v) is 2.80. The van der Waals surface area contributed by atoms with Gasteiger partial charge in [-0.1, -0.05) is 18.2 Å². The number of hydrazine groups is 2. The third kappa shape index (κ3) is 4.50. The number of benzene rings is 1. The zero-order valence-electron chi connectivity index (χ0n) is 15.7. The van der Waals surface area contributed by atoms with Crippen LogP contribution < -0.4 is 16.3 Å². The Hall–Kier alpha value is -3.31. The highest BCUT2D eigenvalue weighted by atomic mass is 16.6. The molecular formula is C17H22N8O3. The van der Waals surface area contributed by atoms with E-state index in [9.17, 15) is 14.9 Å². The molecule has 0 atom stereocenters. The summed E-state index contributed by atoms with van der Waals surface area (Å²) < 4.78 is 0. The van der Waals surface area contributed by atoms with Gasteiger partial charge in [-0.25, -0.2) is 15.0 Å². The first kappa shape index (κ1) is 19.5. The van der Waals surface area contributed by atoms with Crippen LogP contribution in [-0.2, 0) is 0 Å². The molecular weight excluding hydrogens is 364 g/mol. The molecule has 1 aromatic heterocycles. The number of carbonyl (C=O) groups is 1. The van der Waals surface area contributed by atoms with E-state index < -0.39 is 10.8 Å². The van der Waals surface area contributed by atoms with Gasteiger partial charge in [-0.05, 0) is 25.6 Å². The standard InChI is InChI=1S/C17H22N8O3/c1-12-5-3-4-6-13(12)17(26)21-20-15-14(25(27)28)16(19-11-18-15)22-24-9-7-23(2)8-10-24/h3-6,11H,7-10H2,1-2H3,(H,21,26)(H2,18,19,20,22). The molecule has 0 spiro atoms.